The van der Waals surface area contributed by atoms with Gasteiger partial charge in [0, 0.05) is 23.7 Å². The number of nitrogens with zero attached hydrogens (tertiary/aromatic N) is 4. The zero-order valence-electron chi connectivity index (χ0n) is 13.2. The van der Waals surface area contributed by atoms with Crippen molar-refractivity contribution in [2.75, 3.05) is 0 Å². The van der Waals surface area contributed by atoms with Crippen LogP contribution in [0.3, 0.4) is 0 Å². The fraction of sp³-hybridized carbons (Fsp3) is 0.375. The largest absolute Gasteiger partial charge is 0.380 e. The van der Waals surface area contributed by atoms with Gasteiger partial charge in [0.05, 0.1) is 6.54 Å². The Kier molecular flexibility index (Phi) is 4.97. The van der Waals surface area contributed by atoms with Crippen molar-refractivity contribution in [3.8, 4) is 0 Å². The number of aliphatic hydroxyl groups is 1. The van der Waals surface area contributed by atoms with Crippen LogP contribution in [-0.4, -0.2) is 31.3 Å². The minimum Gasteiger partial charge on any atom is -0.380 e. The Morgan fingerprint density at radius 3 is 2.70 bits per heavy atom. The van der Waals surface area contributed by atoms with Crippen molar-refractivity contribution in [3.63, 3.8) is 0 Å². The van der Waals surface area contributed by atoms with Crippen LogP contribution in [0.15, 0.2) is 23.1 Å². The zero-order valence-corrected chi connectivity index (χ0v) is 14.8. The quantitative estimate of drug-likeness (QED) is 0.814. The average Bonchev–Trinajstić information content (AvgIpc) is 2.76. The molecule has 2 rings (SSSR count). The highest BCUT2D eigenvalue weighted by atomic mass is 79.9. The van der Waals surface area contributed by atoms with E-state index in [1.54, 1.807) is 23.9 Å². The molecule has 0 bridgehead atoms. The van der Waals surface area contributed by atoms with E-state index in [2.05, 4.69) is 30.9 Å². The molecule has 2 aromatic rings. The number of Topliss-reactive ketones (excluding diaryl/α,β-unsaturated/α-hetero) is 1. The van der Waals surface area contributed by atoms with Crippen molar-refractivity contribution in [2.45, 2.75) is 39.3 Å². The fourth-order valence-corrected chi connectivity index (χ4v) is 2.50. The fourth-order valence-electron chi connectivity index (χ4n) is 2.20. The molecule has 2 aromatic heterocycles. The van der Waals surface area contributed by atoms with Crippen LogP contribution in [0.1, 0.15) is 23.6 Å². The molecule has 0 aliphatic heterocycles. The van der Waals surface area contributed by atoms with Gasteiger partial charge in [0.15, 0.2) is 5.78 Å². The van der Waals surface area contributed by atoms with Crippen LogP contribution in [0.25, 0.3) is 4.85 Å². The topological polar surface area (TPSA) is 72.4 Å². The molecule has 120 valence electrons. The summed E-state index contributed by atoms with van der Waals surface area (Å²) >= 11 is 3.30. The predicted octanol–water partition coefficient (Wildman–Crippen LogP) is 2.77. The van der Waals surface area contributed by atoms with Crippen LogP contribution in [0.5, 0.6) is 0 Å². The first kappa shape index (κ1) is 17.3. The molecule has 1 N–H and O–H groups in total. The molecule has 2 heterocycles. The number of aryl methyl sites for hydroxylation is 2. The summed E-state index contributed by atoms with van der Waals surface area (Å²) in [6.45, 7) is 12.2. The number of rotatable bonds is 5. The Morgan fingerprint density at radius 2 is 2.17 bits per heavy atom. The van der Waals surface area contributed by atoms with Gasteiger partial charge in [0.1, 0.15) is 16.4 Å². The lowest BCUT2D eigenvalue weighted by Gasteiger charge is -2.21. The summed E-state index contributed by atoms with van der Waals surface area (Å²) in [5, 5.41) is 14.7. The summed E-state index contributed by atoms with van der Waals surface area (Å²) < 4.78 is 2.23. The molecule has 23 heavy (non-hydrogen) atoms. The molecule has 7 heteroatoms. The molecular formula is C16H17BrN4O2. The molecule has 0 radical (unpaired) electrons. The number of carbonyl (C=O) groups excluding carboxylic acids is 1. The lowest BCUT2D eigenvalue weighted by atomic mass is 9.95. The molecule has 6 nitrogen and oxygen atoms in total. The molecule has 1 atom stereocenters. The van der Waals surface area contributed by atoms with Crippen LogP contribution >= 0.6 is 15.9 Å². The maximum Gasteiger partial charge on any atom is 0.272 e. The summed E-state index contributed by atoms with van der Waals surface area (Å²) in [4.78, 5) is 19.7. The van der Waals surface area contributed by atoms with Gasteiger partial charge >= 0.3 is 0 Å². The smallest absolute Gasteiger partial charge is 0.272 e. The van der Waals surface area contributed by atoms with E-state index in [-0.39, 0.29) is 18.7 Å². The molecule has 0 aliphatic rings. The predicted molar refractivity (Wildman–Crippen MR) is 89.2 cm³/mol. The van der Waals surface area contributed by atoms with E-state index < -0.39 is 5.60 Å². The third kappa shape index (κ3) is 4.03. The van der Waals surface area contributed by atoms with Crippen molar-refractivity contribution in [2.24, 2.45) is 0 Å². The Hall–Kier alpha value is -2.04. The molecule has 0 fully saturated rings. The van der Waals surface area contributed by atoms with E-state index in [1.807, 2.05) is 6.92 Å². The number of hydrogen-bond donors (Lipinski definition) is 1. The lowest BCUT2D eigenvalue weighted by Crippen LogP contribution is -2.41. The summed E-state index contributed by atoms with van der Waals surface area (Å²) in [7, 11) is 0. The van der Waals surface area contributed by atoms with Crippen LogP contribution in [0.2, 0.25) is 0 Å². The lowest BCUT2D eigenvalue weighted by molar-refractivity contribution is -0.136. The second kappa shape index (κ2) is 6.60. The van der Waals surface area contributed by atoms with Crippen molar-refractivity contribution >= 4 is 27.5 Å². The van der Waals surface area contributed by atoms with Gasteiger partial charge in [0.2, 0.25) is 0 Å². The minimum atomic E-state index is -1.54. The van der Waals surface area contributed by atoms with Crippen LogP contribution in [0, 0.1) is 20.4 Å². The van der Waals surface area contributed by atoms with Crippen molar-refractivity contribution < 1.29 is 9.90 Å². The highest BCUT2D eigenvalue weighted by Gasteiger charge is 2.31. The Bertz CT molecular complexity index is 770. The number of hydrogen-bond acceptors (Lipinski definition) is 4. The number of pyridine rings is 1. The maximum absolute atomic E-state index is 12.4. The zero-order chi connectivity index (χ0) is 17.2. The monoisotopic (exact) mass is 376 g/mol. The van der Waals surface area contributed by atoms with Gasteiger partial charge in [-0.3, -0.25) is 9.48 Å². The first-order chi connectivity index (χ1) is 10.7. The van der Waals surface area contributed by atoms with Gasteiger partial charge < -0.3 is 9.95 Å². The second-order valence-corrected chi connectivity index (χ2v) is 6.52. The first-order valence-electron chi connectivity index (χ1n) is 7.01. The summed E-state index contributed by atoms with van der Waals surface area (Å²) in [5.41, 5.74) is 0.793. The van der Waals surface area contributed by atoms with E-state index in [4.69, 9.17) is 6.57 Å². The number of ketones is 1. The van der Waals surface area contributed by atoms with E-state index in [9.17, 15) is 9.90 Å². The normalized spacial score (nSPS) is 13.4. The Morgan fingerprint density at radius 1 is 1.48 bits per heavy atom. The number of aromatic nitrogens is 3. The van der Waals surface area contributed by atoms with Gasteiger partial charge in [-0.15, -0.1) is 4.98 Å². The Labute approximate surface area is 143 Å². The summed E-state index contributed by atoms with van der Waals surface area (Å²) in [6, 6.07) is 1.75. The maximum atomic E-state index is 12.4. The van der Waals surface area contributed by atoms with Gasteiger partial charge in [0.25, 0.3) is 5.82 Å². The third-order valence-electron chi connectivity index (χ3n) is 3.53. The van der Waals surface area contributed by atoms with Crippen LogP contribution < -0.4 is 0 Å². The van der Waals surface area contributed by atoms with E-state index >= 15 is 0 Å². The van der Waals surface area contributed by atoms with Crippen molar-refractivity contribution in [1.29, 1.82) is 0 Å². The number of halogens is 1. The highest BCUT2D eigenvalue weighted by molar-refractivity contribution is 9.10. The summed E-state index contributed by atoms with van der Waals surface area (Å²) in [5.74, 6) is 0.00311. The van der Waals surface area contributed by atoms with Gasteiger partial charge in [-0.1, -0.05) is 12.6 Å². The molecular weight excluding hydrogens is 360 g/mol. The average molecular weight is 377 g/mol. The molecule has 0 amide bonds. The molecule has 0 aliphatic carbocycles. The van der Waals surface area contributed by atoms with Gasteiger partial charge in [-0.25, -0.2) is 0 Å². The SMILES string of the molecule is [C-]#[N+]c1ncc(CC(=O)[C@@](C)(O)Cn2cc(C)c(Br)n2)cc1C. The van der Waals surface area contributed by atoms with Crippen molar-refractivity contribution in [3.05, 3.63) is 51.2 Å². The first-order valence-corrected chi connectivity index (χ1v) is 7.80. The molecule has 0 spiro atoms. The number of carbonyl (C=O) groups is 1. The highest BCUT2D eigenvalue weighted by Crippen LogP contribution is 2.19. The standard InChI is InChI=1S/C16H17BrN4O2/c1-10-5-12(7-19-15(10)18-4)6-13(22)16(3,23)9-21-8-11(2)14(17)20-21/h5,7-8,23H,6,9H2,1-3H3/t16-/m0/s1. The third-order valence-corrected chi connectivity index (χ3v) is 4.32. The van der Waals surface area contributed by atoms with Crippen LogP contribution in [-0.2, 0) is 17.8 Å². The van der Waals surface area contributed by atoms with E-state index in [0.717, 1.165) is 11.1 Å². The molecule has 0 aromatic carbocycles. The van der Waals surface area contributed by atoms with E-state index in [0.29, 0.717) is 16.0 Å². The van der Waals surface area contributed by atoms with Crippen LogP contribution in [0.4, 0.5) is 5.82 Å². The van der Waals surface area contributed by atoms with Gasteiger partial charge in [-0.2, -0.15) is 5.10 Å². The second-order valence-electron chi connectivity index (χ2n) is 5.77. The van der Waals surface area contributed by atoms with Gasteiger partial charge in [-0.05, 0) is 42.3 Å². The Balaban J connectivity index is 2.12. The minimum absolute atomic E-state index is 0.0561. The van der Waals surface area contributed by atoms with E-state index in [1.165, 1.54) is 13.1 Å². The summed E-state index contributed by atoms with van der Waals surface area (Å²) in [6.07, 6.45) is 3.33. The van der Waals surface area contributed by atoms with Crippen molar-refractivity contribution in [1.82, 2.24) is 14.8 Å². The molecule has 0 unspecified atom stereocenters. The molecule has 0 saturated carbocycles. The molecule has 0 saturated heterocycles.